The van der Waals surface area contributed by atoms with Gasteiger partial charge in [0.1, 0.15) is 5.52 Å². The third-order valence-corrected chi connectivity index (χ3v) is 4.10. The highest BCUT2D eigenvalue weighted by molar-refractivity contribution is 5.78. The maximum atomic E-state index is 13.8. The molecule has 0 aliphatic heterocycles. The molecule has 2 aromatic carbocycles. The van der Waals surface area contributed by atoms with E-state index in [2.05, 4.69) is 20.3 Å². The molecule has 2 heterocycles. The number of benzene rings is 2. The molecular formula is C19H16F2N6O. The fourth-order valence-electron chi connectivity index (χ4n) is 2.75. The Morgan fingerprint density at radius 2 is 1.82 bits per heavy atom. The lowest BCUT2D eigenvalue weighted by atomic mass is 10.3. The molecule has 0 fully saturated rings. The van der Waals surface area contributed by atoms with Crippen LogP contribution < -0.4 is 15.8 Å². The van der Waals surface area contributed by atoms with Crippen LogP contribution in [-0.2, 0) is 6.54 Å². The molecule has 0 atom stereocenters. The van der Waals surface area contributed by atoms with E-state index in [1.165, 1.54) is 12.3 Å². The van der Waals surface area contributed by atoms with Gasteiger partial charge in [-0.05, 0) is 31.2 Å². The largest absolute Gasteiger partial charge is 0.418 e. The Balaban J connectivity index is 1.72. The van der Waals surface area contributed by atoms with Crippen molar-refractivity contribution < 1.29 is 13.5 Å². The lowest BCUT2D eigenvalue weighted by molar-refractivity contribution is 0.383. The van der Waals surface area contributed by atoms with Crippen molar-refractivity contribution in [3.8, 4) is 11.8 Å². The monoisotopic (exact) mass is 382 g/mol. The summed E-state index contributed by atoms with van der Waals surface area (Å²) in [7, 11) is 0. The normalized spacial score (nSPS) is 11.0. The number of aryl methyl sites for hydroxylation is 1. The highest BCUT2D eigenvalue weighted by Crippen LogP contribution is 2.28. The molecule has 0 unspecified atom stereocenters. The Morgan fingerprint density at radius 3 is 2.54 bits per heavy atom. The van der Waals surface area contributed by atoms with Crippen LogP contribution in [0.1, 0.15) is 6.92 Å². The van der Waals surface area contributed by atoms with Gasteiger partial charge in [-0.2, -0.15) is 4.98 Å². The number of hydrogen-bond donors (Lipinski definition) is 2. The zero-order chi connectivity index (χ0) is 19.7. The van der Waals surface area contributed by atoms with Crippen LogP contribution in [0.4, 0.5) is 26.1 Å². The lowest BCUT2D eigenvalue weighted by Crippen LogP contribution is -2.05. The Hall–Kier alpha value is -3.75. The number of para-hydroxylation sites is 3. The van der Waals surface area contributed by atoms with Crippen LogP contribution in [0.25, 0.3) is 11.2 Å². The van der Waals surface area contributed by atoms with Crippen molar-refractivity contribution in [1.29, 1.82) is 0 Å². The number of nitrogen functional groups attached to an aromatic ring is 1. The van der Waals surface area contributed by atoms with Crippen molar-refractivity contribution in [2.75, 3.05) is 11.1 Å². The van der Waals surface area contributed by atoms with Crippen molar-refractivity contribution in [2.24, 2.45) is 0 Å². The quantitative estimate of drug-likeness (QED) is 0.502. The second-order valence-electron chi connectivity index (χ2n) is 5.91. The molecule has 0 aliphatic carbocycles. The molecular weight excluding hydrogens is 366 g/mol. The molecule has 0 radical (unpaired) electrons. The number of ether oxygens (including phenoxy) is 1. The van der Waals surface area contributed by atoms with E-state index >= 15 is 0 Å². The maximum absolute atomic E-state index is 13.8. The summed E-state index contributed by atoms with van der Waals surface area (Å²) in [5, 5.41) is 3.17. The van der Waals surface area contributed by atoms with Crippen molar-refractivity contribution >= 4 is 28.5 Å². The van der Waals surface area contributed by atoms with Gasteiger partial charge in [-0.15, -0.1) is 0 Å². The number of aromatic nitrogens is 4. The predicted molar refractivity (Wildman–Crippen MR) is 102 cm³/mol. The molecule has 0 saturated carbocycles. The number of rotatable bonds is 5. The standard InChI is InChI=1S/C19H16F2N6O/c1-2-27-17-15(25-18(27)24-14-9-4-3-8-13(14)22)10-23-19(26-17)28-16-11(20)6-5-7-12(16)21/h3-10H,2,22H2,1H3,(H,24,25). The Bertz CT molecular complexity index is 1140. The van der Waals surface area contributed by atoms with Gasteiger partial charge in [0, 0.05) is 6.54 Å². The van der Waals surface area contributed by atoms with Gasteiger partial charge in [0.2, 0.25) is 11.7 Å². The molecule has 9 heteroatoms. The fraction of sp³-hybridized carbons (Fsp3) is 0.105. The van der Waals surface area contributed by atoms with E-state index in [1.807, 2.05) is 25.1 Å². The SMILES string of the molecule is CCn1c(Nc2ccccc2N)nc2cnc(Oc3c(F)cccc3F)nc21. The molecule has 0 saturated heterocycles. The number of anilines is 3. The molecule has 4 aromatic rings. The predicted octanol–water partition coefficient (Wildman–Crippen LogP) is 4.24. The number of imidazole rings is 1. The smallest absolute Gasteiger partial charge is 0.324 e. The molecule has 4 rings (SSSR count). The molecule has 0 amide bonds. The van der Waals surface area contributed by atoms with E-state index in [0.717, 1.165) is 12.1 Å². The Morgan fingerprint density at radius 1 is 1.07 bits per heavy atom. The third-order valence-electron chi connectivity index (χ3n) is 4.10. The van der Waals surface area contributed by atoms with E-state index in [0.29, 0.717) is 35.0 Å². The van der Waals surface area contributed by atoms with Gasteiger partial charge < -0.3 is 15.8 Å². The molecule has 3 N–H and O–H groups in total. The first-order valence-corrected chi connectivity index (χ1v) is 8.53. The summed E-state index contributed by atoms with van der Waals surface area (Å²) in [5.74, 6) is -1.72. The first kappa shape index (κ1) is 17.7. The van der Waals surface area contributed by atoms with E-state index < -0.39 is 17.4 Å². The van der Waals surface area contributed by atoms with Gasteiger partial charge in [0.15, 0.2) is 17.3 Å². The zero-order valence-electron chi connectivity index (χ0n) is 14.9. The van der Waals surface area contributed by atoms with Gasteiger partial charge in [0.05, 0.1) is 17.6 Å². The molecule has 0 aliphatic rings. The van der Waals surface area contributed by atoms with Crippen LogP contribution in [0.5, 0.6) is 11.8 Å². The van der Waals surface area contributed by atoms with E-state index in [9.17, 15) is 8.78 Å². The van der Waals surface area contributed by atoms with Gasteiger partial charge >= 0.3 is 6.01 Å². The van der Waals surface area contributed by atoms with Gasteiger partial charge in [-0.25, -0.2) is 18.7 Å². The summed E-state index contributed by atoms with van der Waals surface area (Å²) in [6.45, 7) is 2.45. The average molecular weight is 382 g/mol. The average Bonchev–Trinajstić information content (AvgIpc) is 3.03. The third kappa shape index (κ3) is 3.18. The molecule has 2 aromatic heterocycles. The minimum atomic E-state index is -0.838. The van der Waals surface area contributed by atoms with Crippen LogP contribution >= 0.6 is 0 Å². The topological polar surface area (TPSA) is 90.9 Å². The second-order valence-corrected chi connectivity index (χ2v) is 5.91. The number of fused-ring (bicyclic) bond motifs is 1. The summed E-state index contributed by atoms with van der Waals surface area (Å²) in [5.41, 5.74) is 8.20. The minimum absolute atomic E-state index is 0.183. The van der Waals surface area contributed by atoms with E-state index in [-0.39, 0.29) is 6.01 Å². The van der Waals surface area contributed by atoms with Crippen LogP contribution in [0.2, 0.25) is 0 Å². The van der Waals surface area contributed by atoms with E-state index in [4.69, 9.17) is 10.5 Å². The van der Waals surface area contributed by atoms with E-state index in [1.54, 1.807) is 10.6 Å². The summed E-state index contributed by atoms with van der Waals surface area (Å²) in [6.07, 6.45) is 1.43. The number of nitrogens with one attached hydrogen (secondary N) is 1. The molecule has 28 heavy (non-hydrogen) atoms. The van der Waals surface area contributed by atoms with Crippen molar-refractivity contribution in [2.45, 2.75) is 13.5 Å². The summed E-state index contributed by atoms with van der Waals surface area (Å²) < 4.78 is 34.7. The number of nitrogens with two attached hydrogens (primary N) is 1. The maximum Gasteiger partial charge on any atom is 0.324 e. The number of hydrogen-bond acceptors (Lipinski definition) is 6. The second kappa shape index (κ2) is 7.10. The highest BCUT2D eigenvalue weighted by atomic mass is 19.1. The summed E-state index contributed by atoms with van der Waals surface area (Å²) in [4.78, 5) is 12.7. The molecule has 7 nitrogen and oxygen atoms in total. The highest BCUT2D eigenvalue weighted by Gasteiger charge is 2.16. The van der Waals surface area contributed by atoms with Crippen LogP contribution in [0.3, 0.4) is 0 Å². The Labute approximate surface area is 158 Å². The summed E-state index contributed by atoms with van der Waals surface area (Å²) >= 11 is 0. The summed E-state index contributed by atoms with van der Waals surface area (Å²) in [6, 6.07) is 10.6. The minimum Gasteiger partial charge on any atom is -0.418 e. The fourth-order valence-corrected chi connectivity index (χ4v) is 2.75. The number of halogens is 2. The van der Waals surface area contributed by atoms with Gasteiger partial charge in [-0.3, -0.25) is 4.57 Å². The van der Waals surface area contributed by atoms with Crippen LogP contribution in [-0.4, -0.2) is 19.5 Å². The number of nitrogens with zero attached hydrogens (tertiary/aromatic N) is 4. The molecule has 0 bridgehead atoms. The van der Waals surface area contributed by atoms with Gasteiger partial charge in [0.25, 0.3) is 0 Å². The van der Waals surface area contributed by atoms with Crippen molar-refractivity contribution in [3.05, 3.63) is 60.3 Å². The van der Waals surface area contributed by atoms with Crippen molar-refractivity contribution in [1.82, 2.24) is 19.5 Å². The molecule has 0 spiro atoms. The zero-order valence-corrected chi connectivity index (χ0v) is 14.9. The van der Waals surface area contributed by atoms with Crippen molar-refractivity contribution in [3.63, 3.8) is 0 Å². The lowest BCUT2D eigenvalue weighted by Gasteiger charge is -2.10. The Kier molecular flexibility index (Phi) is 4.48. The molecule has 142 valence electrons. The van der Waals surface area contributed by atoms with Crippen LogP contribution in [0, 0.1) is 11.6 Å². The van der Waals surface area contributed by atoms with Gasteiger partial charge in [-0.1, -0.05) is 18.2 Å². The first-order valence-electron chi connectivity index (χ1n) is 8.53. The first-order chi connectivity index (χ1) is 13.6. The van der Waals surface area contributed by atoms with Crippen LogP contribution in [0.15, 0.2) is 48.7 Å².